The molecule has 0 aliphatic rings. The number of thiophene rings is 1. The molecule has 106 valence electrons. The van der Waals surface area contributed by atoms with Crippen molar-refractivity contribution >= 4 is 17.6 Å². The molecule has 0 saturated carbocycles. The van der Waals surface area contributed by atoms with Gasteiger partial charge in [-0.3, -0.25) is 9.48 Å². The topological polar surface area (TPSA) is 34.9 Å². The van der Waals surface area contributed by atoms with Crippen molar-refractivity contribution in [3.8, 4) is 10.6 Å². The molecule has 0 N–H and O–H groups in total. The van der Waals surface area contributed by atoms with Crippen molar-refractivity contribution in [2.24, 2.45) is 0 Å². The fraction of sp³-hybridized carbons (Fsp3) is 0.176. The van der Waals surface area contributed by atoms with Crippen molar-refractivity contribution < 1.29 is 4.79 Å². The Morgan fingerprint density at radius 1 is 1.14 bits per heavy atom. The third-order valence-electron chi connectivity index (χ3n) is 3.37. The zero-order chi connectivity index (χ0) is 14.5. The monoisotopic (exact) mass is 296 g/mol. The predicted molar refractivity (Wildman–Crippen MR) is 85.7 cm³/mol. The number of aromatic nitrogens is 2. The number of aryl methyl sites for hydroxylation is 2. The lowest BCUT2D eigenvalue weighted by Gasteiger charge is -2.02. The van der Waals surface area contributed by atoms with Gasteiger partial charge in [0.05, 0.1) is 10.4 Å². The SMILES string of the molecule is O=Cc1cn(CCCc2ccccc2)nc1-c1cccs1. The summed E-state index contributed by atoms with van der Waals surface area (Å²) in [4.78, 5) is 12.2. The second kappa shape index (κ2) is 6.50. The molecule has 4 heteroatoms. The van der Waals surface area contributed by atoms with Crippen LogP contribution in [0.5, 0.6) is 0 Å². The number of nitrogens with zero attached hydrogens (tertiary/aromatic N) is 2. The van der Waals surface area contributed by atoms with Gasteiger partial charge in [0.1, 0.15) is 5.69 Å². The van der Waals surface area contributed by atoms with Gasteiger partial charge in [0.2, 0.25) is 0 Å². The molecule has 0 aliphatic carbocycles. The quantitative estimate of drug-likeness (QED) is 0.643. The van der Waals surface area contributed by atoms with Crippen molar-refractivity contribution in [3.05, 3.63) is 65.2 Å². The van der Waals surface area contributed by atoms with Crippen molar-refractivity contribution in [2.45, 2.75) is 19.4 Å². The fourth-order valence-electron chi connectivity index (χ4n) is 2.33. The molecule has 0 aliphatic heterocycles. The number of rotatable bonds is 6. The Bertz CT molecular complexity index is 702. The first-order valence-corrected chi connectivity index (χ1v) is 7.85. The summed E-state index contributed by atoms with van der Waals surface area (Å²) in [5.74, 6) is 0. The van der Waals surface area contributed by atoms with Crippen LogP contribution in [0.2, 0.25) is 0 Å². The van der Waals surface area contributed by atoms with Crippen molar-refractivity contribution in [2.75, 3.05) is 0 Å². The van der Waals surface area contributed by atoms with Gasteiger partial charge in [-0.1, -0.05) is 36.4 Å². The molecule has 0 atom stereocenters. The molecule has 21 heavy (non-hydrogen) atoms. The van der Waals surface area contributed by atoms with Gasteiger partial charge in [0, 0.05) is 12.7 Å². The summed E-state index contributed by atoms with van der Waals surface area (Å²) in [6.45, 7) is 0.821. The maximum atomic E-state index is 11.2. The number of benzene rings is 1. The summed E-state index contributed by atoms with van der Waals surface area (Å²) >= 11 is 1.60. The number of hydrogen-bond donors (Lipinski definition) is 0. The summed E-state index contributed by atoms with van der Waals surface area (Å²) in [5.41, 5.74) is 2.79. The van der Waals surface area contributed by atoms with Crippen LogP contribution in [-0.2, 0) is 13.0 Å². The minimum atomic E-state index is 0.664. The predicted octanol–water partition coefficient (Wildman–Crippen LogP) is 4.06. The maximum absolute atomic E-state index is 11.2. The highest BCUT2D eigenvalue weighted by atomic mass is 32.1. The summed E-state index contributed by atoms with van der Waals surface area (Å²) in [6.07, 6.45) is 4.75. The minimum Gasteiger partial charge on any atom is -0.298 e. The van der Waals surface area contributed by atoms with Crippen LogP contribution in [0.4, 0.5) is 0 Å². The maximum Gasteiger partial charge on any atom is 0.153 e. The van der Waals surface area contributed by atoms with Gasteiger partial charge in [-0.25, -0.2) is 0 Å². The zero-order valence-electron chi connectivity index (χ0n) is 11.6. The molecular weight excluding hydrogens is 280 g/mol. The van der Waals surface area contributed by atoms with E-state index < -0.39 is 0 Å². The molecule has 1 aromatic carbocycles. The number of hydrogen-bond acceptors (Lipinski definition) is 3. The minimum absolute atomic E-state index is 0.664. The lowest BCUT2D eigenvalue weighted by Crippen LogP contribution is -2.00. The third kappa shape index (κ3) is 3.28. The van der Waals surface area contributed by atoms with E-state index in [1.165, 1.54) is 5.56 Å². The smallest absolute Gasteiger partial charge is 0.153 e. The van der Waals surface area contributed by atoms with E-state index in [0.717, 1.165) is 36.2 Å². The van der Waals surface area contributed by atoms with Gasteiger partial charge in [0.15, 0.2) is 6.29 Å². The van der Waals surface area contributed by atoms with E-state index >= 15 is 0 Å². The molecule has 0 unspecified atom stereocenters. The Labute approximate surface area is 127 Å². The molecule has 3 nitrogen and oxygen atoms in total. The normalized spacial score (nSPS) is 10.7. The Kier molecular flexibility index (Phi) is 4.26. The van der Waals surface area contributed by atoms with Crippen molar-refractivity contribution in [3.63, 3.8) is 0 Å². The second-order valence-corrected chi connectivity index (χ2v) is 5.83. The van der Waals surface area contributed by atoms with Crippen LogP contribution in [0.1, 0.15) is 22.3 Å². The lowest BCUT2D eigenvalue weighted by molar-refractivity contribution is 0.112. The molecule has 0 amide bonds. The summed E-state index contributed by atoms with van der Waals surface area (Å²) in [6, 6.07) is 14.4. The van der Waals surface area contributed by atoms with Gasteiger partial charge >= 0.3 is 0 Å². The fourth-order valence-corrected chi connectivity index (χ4v) is 3.06. The lowest BCUT2D eigenvalue weighted by atomic mass is 10.1. The first kappa shape index (κ1) is 13.8. The first-order valence-electron chi connectivity index (χ1n) is 6.97. The van der Waals surface area contributed by atoms with Gasteiger partial charge < -0.3 is 0 Å². The van der Waals surface area contributed by atoms with Crippen molar-refractivity contribution in [1.82, 2.24) is 9.78 Å². The zero-order valence-corrected chi connectivity index (χ0v) is 12.4. The van der Waals surface area contributed by atoms with E-state index in [-0.39, 0.29) is 0 Å². The van der Waals surface area contributed by atoms with E-state index in [1.54, 1.807) is 11.3 Å². The van der Waals surface area contributed by atoms with E-state index in [2.05, 4.69) is 29.4 Å². The first-order chi connectivity index (χ1) is 10.4. The Morgan fingerprint density at radius 3 is 2.71 bits per heavy atom. The van der Waals surface area contributed by atoms with Crippen LogP contribution in [-0.4, -0.2) is 16.1 Å². The highest BCUT2D eigenvalue weighted by molar-refractivity contribution is 7.13. The molecule has 2 heterocycles. The van der Waals surface area contributed by atoms with E-state index in [9.17, 15) is 4.79 Å². The highest BCUT2D eigenvalue weighted by Gasteiger charge is 2.11. The summed E-state index contributed by atoms with van der Waals surface area (Å²) < 4.78 is 1.88. The number of carbonyl (C=O) groups excluding carboxylic acids is 1. The van der Waals surface area contributed by atoms with Gasteiger partial charge in [0.25, 0.3) is 0 Å². The van der Waals surface area contributed by atoms with Crippen LogP contribution in [0, 0.1) is 0 Å². The van der Waals surface area contributed by atoms with E-state index in [0.29, 0.717) is 5.56 Å². The Hall–Kier alpha value is -2.20. The van der Waals surface area contributed by atoms with Gasteiger partial charge in [-0.15, -0.1) is 11.3 Å². The van der Waals surface area contributed by atoms with Crippen molar-refractivity contribution in [1.29, 1.82) is 0 Å². The van der Waals surface area contributed by atoms with Crippen LogP contribution < -0.4 is 0 Å². The van der Waals surface area contributed by atoms with E-state index in [4.69, 9.17) is 0 Å². The number of carbonyl (C=O) groups is 1. The van der Waals surface area contributed by atoms with Gasteiger partial charge in [-0.05, 0) is 29.9 Å². The molecule has 0 fully saturated rings. The highest BCUT2D eigenvalue weighted by Crippen LogP contribution is 2.25. The van der Waals surface area contributed by atoms with Crippen LogP contribution in [0.15, 0.2) is 54.0 Å². The molecule has 3 aromatic rings. The van der Waals surface area contributed by atoms with E-state index in [1.807, 2.05) is 34.5 Å². The summed E-state index contributed by atoms with van der Waals surface area (Å²) in [7, 11) is 0. The average molecular weight is 296 g/mol. The molecule has 0 spiro atoms. The number of aldehydes is 1. The molecule has 0 saturated heterocycles. The molecule has 3 rings (SSSR count). The third-order valence-corrected chi connectivity index (χ3v) is 4.24. The Balaban J connectivity index is 1.68. The van der Waals surface area contributed by atoms with Gasteiger partial charge in [-0.2, -0.15) is 5.10 Å². The summed E-state index contributed by atoms with van der Waals surface area (Å²) in [5, 5.41) is 6.55. The second-order valence-electron chi connectivity index (χ2n) is 4.88. The molecule has 0 bridgehead atoms. The van der Waals surface area contributed by atoms with Crippen LogP contribution in [0.3, 0.4) is 0 Å². The standard InChI is InChI=1S/C17H16N2OS/c20-13-15-12-19(18-17(15)16-9-5-11-21-16)10-4-8-14-6-2-1-3-7-14/h1-3,5-7,9,11-13H,4,8,10H2. The molecular formula is C17H16N2OS. The van der Waals surface area contributed by atoms with Crippen LogP contribution >= 0.6 is 11.3 Å². The molecule has 2 aromatic heterocycles. The average Bonchev–Trinajstić information content (AvgIpc) is 3.17. The van der Waals surface area contributed by atoms with Crippen LogP contribution in [0.25, 0.3) is 10.6 Å². The Morgan fingerprint density at radius 2 is 2.00 bits per heavy atom. The molecule has 0 radical (unpaired) electrons. The largest absolute Gasteiger partial charge is 0.298 e.